The van der Waals surface area contributed by atoms with Crippen LogP contribution in [0.3, 0.4) is 0 Å². The van der Waals surface area contributed by atoms with E-state index in [1.165, 1.54) is 0 Å². The Balaban J connectivity index is 1.75. The molecule has 1 aromatic carbocycles. The SMILES string of the molecule is CCC(Nc1c(Cl)cnc2ccc(-c3cnc(C(C)(C)O)nc3)cc12)c1ccccn1. The van der Waals surface area contributed by atoms with Crippen LogP contribution >= 0.6 is 11.6 Å². The number of aliphatic hydroxyl groups is 1. The second-order valence-corrected chi connectivity index (χ2v) is 8.33. The van der Waals surface area contributed by atoms with E-state index in [9.17, 15) is 5.11 Å². The fourth-order valence-corrected chi connectivity index (χ4v) is 3.63. The predicted octanol–water partition coefficient (Wildman–Crippen LogP) is 5.53. The molecule has 4 rings (SSSR count). The summed E-state index contributed by atoms with van der Waals surface area (Å²) >= 11 is 6.56. The van der Waals surface area contributed by atoms with Gasteiger partial charge in [0.05, 0.1) is 28.0 Å². The molecule has 0 bridgehead atoms. The predicted molar refractivity (Wildman–Crippen MR) is 124 cm³/mol. The lowest BCUT2D eigenvalue weighted by Crippen LogP contribution is -2.19. The zero-order valence-corrected chi connectivity index (χ0v) is 18.4. The summed E-state index contributed by atoms with van der Waals surface area (Å²) in [5, 5.41) is 15.1. The molecule has 0 saturated heterocycles. The summed E-state index contributed by atoms with van der Waals surface area (Å²) in [5.41, 5.74) is 3.31. The zero-order valence-electron chi connectivity index (χ0n) is 17.7. The van der Waals surface area contributed by atoms with E-state index in [4.69, 9.17) is 11.6 Å². The average molecular weight is 434 g/mol. The van der Waals surface area contributed by atoms with E-state index in [2.05, 4.69) is 32.2 Å². The van der Waals surface area contributed by atoms with Crippen LogP contribution in [0.25, 0.3) is 22.0 Å². The molecule has 3 aromatic heterocycles. The van der Waals surface area contributed by atoms with Gasteiger partial charge in [-0.3, -0.25) is 9.97 Å². The van der Waals surface area contributed by atoms with Crippen molar-refractivity contribution in [3.05, 3.63) is 77.7 Å². The van der Waals surface area contributed by atoms with Crippen LogP contribution in [0.15, 0.2) is 61.2 Å². The molecule has 0 saturated carbocycles. The third kappa shape index (κ3) is 4.50. The number of anilines is 1. The van der Waals surface area contributed by atoms with E-state index in [1.54, 1.807) is 38.6 Å². The molecule has 0 radical (unpaired) electrons. The van der Waals surface area contributed by atoms with Crippen LogP contribution in [-0.4, -0.2) is 25.0 Å². The molecule has 6 nitrogen and oxygen atoms in total. The fourth-order valence-electron chi connectivity index (χ4n) is 3.43. The highest BCUT2D eigenvalue weighted by Gasteiger charge is 2.20. The van der Waals surface area contributed by atoms with Gasteiger partial charge in [-0.1, -0.05) is 30.7 Å². The van der Waals surface area contributed by atoms with Gasteiger partial charge in [0.15, 0.2) is 5.82 Å². The fraction of sp³-hybridized carbons (Fsp3) is 0.250. The highest BCUT2D eigenvalue weighted by Crippen LogP contribution is 2.35. The van der Waals surface area contributed by atoms with Crippen molar-refractivity contribution < 1.29 is 5.11 Å². The average Bonchev–Trinajstić information content (AvgIpc) is 2.78. The van der Waals surface area contributed by atoms with E-state index in [-0.39, 0.29) is 6.04 Å². The van der Waals surface area contributed by atoms with Crippen LogP contribution in [0.2, 0.25) is 5.02 Å². The summed E-state index contributed by atoms with van der Waals surface area (Å²) < 4.78 is 0. The third-order valence-electron chi connectivity index (χ3n) is 5.13. The minimum atomic E-state index is -1.09. The normalized spacial score (nSPS) is 12.7. The molecule has 2 N–H and O–H groups in total. The summed E-state index contributed by atoms with van der Waals surface area (Å²) in [6.07, 6.45) is 7.74. The molecule has 31 heavy (non-hydrogen) atoms. The molecule has 3 heterocycles. The number of halogens is 1. The maximum atomic E-state index is 10.1. The van der Waals surface area contributed by atoms with Crippen molar-refractivity contribution in [1.29, 1.82) is 0 Å². The van der Waals surface area contributed by atoms with Gasteiger partial charge in [-0.15, -0.1) is 0 Å². The number of pyridine rings is 2. The number of aromatic nitrogens is 4. The van der Waals surface area contributed by atoms with Crippen molar-refractivity contribution in [3.8, 4) is 11.1 Å². The van der Waals surface area contributed by atoms with Crippen molar-refractivity contribution in [3.63, 3.8) is 0 Å². The molecule has 4 aromatic rings. The molecule has 0 aliphatic heterocycles. The Kier molecular flexibility index (Phi) is 5.85. The lowest BCUT2D eigenvalue weighted by Gasteiger charge is -2.20. The lowest BCUT2D eigenvalue weighted by atomic mass is 10.0. The Morgan fingerprint density at radius 3 is 2.42 bits per heavy atom. The number of benzene rings is 1. The van der Waals surface area contributed by atoms with Crippen LogP contribution in [0.5, 0.6) is 0 Å². The van der Waals surface area contributed by atoms with Gasteiger partial charge in [-0.05, 0) is 50.1 Å². The molecule has 1 unspecified atom stereocenters. The highest BCUT2D eigenvalue weighted by molar-refractivity contribution is 6.34. The van der Waals surface area contributed by atoms with E-state index in [0.29, 0.717) is 10.8 Å². The van der Waals surface area contributed by atoms with Crippen molar-refractivity contribution in [2.45, 2.75) is 38.8 Å². The van der Waals surface area contributed by atoms with E-state index < -0.39 is 5.60 Å². The second-order valence-electron chi connectivity index (χ2n) is 7.93. The minimum absolute atomic E-state index is 0.0161. The van der Waals surface area contributed by atoms with Gasteiger partial charge in [0, 0.05) is 35.7 Å². The maximum Gasteiger partial charge on any atom is 0.159 e. The minimum Gasteiger partial charge on any atom is -0.382 e. The summed E-state index contributed by atoms with van der Waals surface area (Å²) in [4.78, 5) is 17.6. The first-order valence-electron chi connectivity index (χ1n) is 10.2. The number of nitrogens with zero attached hydrogens (tertiary/aromatic N) is 4. The quantitative estimate of drug-likeness (QED) is 0.416. The standard InChI is InChI=1S/C24H24ClN5O/c1-4-19(21-7-5-6-10-26-21)30-22-17-11-15(8-9-20(17)27-14-18(22)25)16-12-28-23(29-13-16)24(2,3)31/h5-14,19,31H,4H2,1-3H3,(H,27,30). The van der Waals surface area contributed by atoms with Crippen molar-refractivity contribution >= 4 is 28.2 Å². The van der Waals surface area contributed by atoms with Gasteiger partial charge in [0.25, 0.3) is 0 Å². The molecule has 7 heteroatoms. The van der Waals surface area contributed by atoms with Gasteiger partial charge in [-0.25, -0.2) is 9.97 Å². The van der Waals surface area contributed by atoms with Crippen LogP contribution in [0, 0.1) is 0 Å². The number of nitrogens with one attached hydrogen (secondary N) is 1. The Morgan fingerprint density at radius 2 is 1.77 bits per heavy atom. The Labute approximate surface area is 186 Å². The highest BCUT2D eigenvalue weighted by atomic mass is 35.5. The van der Waals surface area contributed by atoms with Gasteiger partial charge in [0.2, 0.25) is 0 Å². The Hall–Kier alpha value is -3.09. The Morgan fingerprint density at radius 1 is 1.00 bits per heavy atom. The van der Waals surface area contributed by atoms with E-state index in [1.807, 2.05) is 36.4 Å². The van der Waals surface area contributed by atoms with Crippen LogP contribution in [0.4, 0.5) is 5.69 Å². The largest absolute Gasteiger partial charge is 0.382 e. The van der Waals surface area contributed by atoms with Crippen molar-refractivity contribution in [2.24, 2.45) is 0 Å². The third-order valence-corrected chi connectivity index (χ3v) is 5.41. The van der Waals surface area contributed by atoms with Crippen LogP contribution < -0.4 is 5.32 Å². The Bertz CT molecular complexity index is 1190. The van der Waals surface area contributed by atoms with Crippen molar-refractivity contribution in [2.75, 3.05) is 5.32 Å². The molecule has 0 aliphatic rings. The molecule has 0 aliphatic carbocycles. The monoisotopic (exact) mass is 433 g/mol. The maximum absolute atomic E-state index is 10.1. The molecule has 1 atom stereocenters. The van der Waals surface area contributed by atoms with E-state index in [0.717, 1.165) is 39.8 Å². The van der Waals surface area contributed by atoms with Crippen LogP contribution in [-0.2, 0) is 5.60 Å². The van der Waals surface area contributed by atoms with Gasteiger partial charge < -0.3 is 10.4 Å². The molecule has 0 fully saturated rings. The van der Waals surface area contributed by atoms with Crippen molar-refractivity contribution in [1.82, 2.24) is 19.9 Å². The van der Waals surface area contributed by atoms with Gasteiger partial charge in [-0.2, -0.15) is 0 Å². The summed E-state index contributed by atoms with van der Waals surface area (Å²) in [6, 6.07) is 11.9. The number of fused-ring (bicyclic) bond motifs is 1. The number of hydrogen-bond acceptors (Lipinski definition) is 6. The summed E-state index contributed by atoms with van der Waals surface area (Å²) in [7, 11) is 0. The lowest BCUT2D eigenvalue weighted by molar-refractivity contribution is 0.0687. The first kappa shape index (κ1) is 21.2. The number of rotatable bonds is 6. The first-order valence-corrected chi connectivity index (χ1v) is 10.6. The summed E-state index contributed by atoms with van der Waals surface area (Å²) in [5.74, 6) is 0.380. The van der Waals surface area contributed by atoms with E-state index >= 15 is 0 Å². The van der Waals surface area contributed by atoms with Gasteiger partial charge >= 0.3 is 0 Å². The molecule has 0 amide bonds. The topological polar surface area (TPSA) is 83.8 Å². The van der Waals surface area contributed by atoms with Crippen LogP contribution in [0.1, 0.15) is 44.8 Å². The number of hydrogen-bond donors (Lipinski definition) is 2. The molecule has 0 spiro atoms. The molecular formula is C24H24ClN5O. The second kappa shape index (κ2) is 8.57. The summed E-state index contributed by atoms with van der Waals surface area (Å²) in [6.45, 7) is 5.43. The zero-order chi connectivity index (χ0) is 22.0. The smallest absolute Gasteiger partial charge is 0.159 e. The molecular weight excluding hydrogens is 410 g/mol. The first-order chi connectivity index (χ1) is 14.9. The molecule has 158 valence electrons. The van der Waals surface area contributed by atoms with Gasteiger partial charge in [0.1, 0.15) is 5.60 Å².